The first-order valence-electron chi connectivity index (χ1n) is 9.12. The van der Waals surface area contributed by atoms with Gasteiger partial charge in [0.15, 0.2) is 0 Å². The molecule has 0 aromatic heterocycles. The highest BCUT2D eigenvalue weighted by Gasteiger charge is 2.26. The zero-order valence-corrected chi connectivity index (χ0v) is 14.9. The number of rotatable bonds is 5. The molecule has 2 heterocycles. The number of hydrogen-bond donors (Lipinski definition) is 3. The van der Waals surface area contributed by atoms with Gasteiger partial charge in [-0.3, -0.25) is 10.1 Å². The average molecular weight is 351 g/mol. The Morgan fingerprint density at radius 1 is 1.12 bits per heavy atom. The molecule has 8 heteroatoms. The van der Waals surface area contributed by atoms with Crippen LogP contribution in [0.25, 0.3) is 0 Å². The SMILES string of the molecule is C[NH+]1CCN(c2cc(N3CC[NH+](CCO)CC3)ccc2[N+](=O)[O-])CC1. The number of likely N-dealkylation sites (N-methyl/N-ethyl adjacent to an activating group) is 1. The maximum Gasteiger partial charge on any atom is 0.292 e. The van der Waals surface area contributed by atoms with Gasteiger partial charge in [0.05, 0.1) is 70.9 Å². The summed E-state index contributed by atoms with van der Waals surface area (Å²) >= 11 is 0. The molecule has 1 aromatic carbocycles. The molecule has 25 heavy (non-hydrogen) atoms. The zero-order valence-electron chi connectivity index (χ0n) is 14.9. The van der Waals surface area contributed by atoms with Gasteiger partial charge in [-0.05, 0) is 12.1 Å². The van der Waals surface area contributed by atoms with Crippen molar-refractivity contribution in [2.24, 2.45) is 0 Å². The number of aliphatic hydroxyl groups is 1. The number of anilines is 2. The highest BCUT2D eigenvalue weighted by Crippen LogP contribution is 2.32. The van der Waals surface area contributed by atoms with E-state index in [2.05, 4.69) is 16.8 Å². The molecule has 0 unspecified atom stereocenters. The number of hydrogen-bond acceptors (Lipinski definition) is 5. The minimum atomic E-state index is -0.270. The Labute approximate surface area is 148 Å². The van der Waals surface area contributed by atoms with Crippen LogP contribution in [-0.4, -0.2) is 82.6 Å². The van der Waals surface area contributed by atoms with Crippen LogP contribution in [-0.2, 0) is 0 Å². The lowest BCUT2D eigenvalue weighted by Crippen LogP contribution is -3.15. The molecule has 2 aliphatic heterocycles. The summed E-state index contributed by atoms with van der Waals surface area (Å²) in [6.07, 6.45) is 0. The fraction of sp³-hybridized carbons (Fsp3) is 0.647. The van der Waals surface area contributed by atoms with Crippen LogP contribution < -0.4 is 19.6 Å². The number of nitrogens with one attached hydrogen (secondary N) is 2. The van der Waals surface area contributed by atoms with Crippen LogP contribution in [0.4, 0.5) is 17.1 Å². The minimum absolute atomic E-state index is 0.202. The van der Waals surface area contributed by atoms with Crippen molar-refractivity contribution in [1.82, 2.24) is 0 Å². The monoisotopic (exact) mass is 351 g/mol. The maximum atomic E-state index is 11.5. The van der Waals surface area contributed by atoms with Crippen LogP contribution in [0.3, 0.4) is 0 Å². The Balaban J connectivity index is 1.77. The predicted octanol–water partition coefficient (Wildman–Crippen LogP) is -2.37. The van der Waals surface area contributed by atoms with Gasteiger partial charge in [0.25, 0.3) is 5.69 Å². The molecule has 0 bridgehead atoms. The fourth-order valence-electron chi connectivity index (χ4n) is 3.73. The van der Waals surface area contributed by atoms with Crippen molar-refractivity contribution in [2.45, 2.75) is 0 Å². The van der Waals surface area contributed by atoms with Crippen molar-refractivity contribution in [1.29, 1.82) is 0 Å². The van der Waals surface area contributed by atoms with Crippen molar-refractivity contribution in [3.63, 3.8) is 0 Å². The fourth-order valence-corrected chi connectivity index (χ4v) is 3.73. The summed E-state index contributed by atoms with van der Waals surface area (Å²) in [7, 11) is 2.16. The number of nitro groups is 1. The van der Waals surface area contributed by atoms with Gasteiger partial charge in [0.2, 0.25) is 0 Å². The summed E-state index contributed by atoms with van der Waals surface area (Å²) in [6.45, 7) is 8.55. The van der Waals surface area contributed by atoms with E-state index >= 15 is 0 Å². The molecular weight excluding hydrogens is 322 g/mol. The first-order valence-corrected chi connectivity index (χ1v) is 9.12. The number of piperazine rings is 2. The summed E-state index contributed by atoms with van der Waals surface area (Å²) < 4.78 is 0. The second kappa shape index (κ2) is 7.99. The van der Waals surface area contributed by atoms with Gasteiger partial charge in [-0.15, -0.1) is 0 Å². The minimum Gasteiger partial charge on any atom is -0.391 e. The second-order valence-corrected chi connectivity index (χ2v) is 7.08. The van der Waals surface area contributed by atoms with Crippen LogP contribution >= 0.6 is 0 Å². The Kier molecular flexibility index (Phi) is 5.72. The van der Waals surface area contributed by atoms with Crippen LogP contribution in [0.1, 0.15) is 0 Å². The Bertz CT molecular complexity index is 596. The third kappa shape index (κ3) is 4.20. The van der Waals surface area contributed by atoms with Crippen molar-refractivity contribution >= 4 is 17.1 Å². The molecule has 2 aliphatic rings. The van der Waals surface area contributed by atoms with Gasteiger partial charge in [0, 0.05) is 11.8 Å². The van der Waals surface area contributed by atoms with Crippen molar-refractivity contribution in [3.05, 3.63) is 28.3 Å². The quantitative estimate of drug-likeness (QED) is 0.408. The lowest BCUT2D eigenvalue weighted by molar-refractivity contribution is -0.900. The third-order valence-electron chi connectivity index (χ3n) is 5.41. The highest BCUT2D eigenvalue weighted by molar-refractivity contribution is 5.70. The lowest BCUT2D eigenvalue weighted by Gasteiger charge is -2.35. The van der Waals surface area contributed by atoms with E-state index in [0.29, 0.717) is 0 Å². The number of benzene rings is 1. The van der Waals surface area contributed by atoms with Crippen molar-refractivity contribution < 1.29 is 19.8 Å². The average Bonchev–Trinajstić information content (AvgIpc) is 2.63. The second-order valence-electron chi connectivity index (χ2n) is 7.08. The first-order chi connectivity index (χ1) is 12.1. The van der Waals surface area contributed by atoms with E-state index in [1.165, 1.54) is 9.80 Å². The molecular formula is C17H29N5O3+2. The number of nitrogens with zero attached hydrogens (tertiary/aromatic N) is 3. The normalized spacial score (nSPS) is 20.1. The van der Waals surface area contributed by atoms with Gasteiger partial charge < -0.3 is 24.7 Å². The molecule has 138 valence electrons. The summed E-state index contributed by atoms with van der Waals surface area (Å²) in [5, 5.41) is 20.5. The Morgan fingerprint density at radius 2 is 1.76 bits per heavy atom. The van der Waals surface area contributed by atoms with Crippen LogP contribution in [0.5, 0.6) is 0 Å². The van der Waals surface area contributed by atoms with Crippen LogP contribution in [0, 0.1) is 10.1 Å². The number of nitro benzene ring substituents is 1. The van der Waals surface area contributed by atoms with E-state index in [-0.39, 0.29) is 17.2 Å². The summed E-state index contributed by atoms with van der Waals surface area (Å²) in [5.74, 6) is 0. The standard InChI is InChI=1S/C17H27N5O3/c1-18-4-8-21(9-5-18)17-14-15(2-3-16(17)22(24)25)20-10-6-19(7-11-20)12-13-23/h2-3,14,23H,4-13H2,1H3/p+2. The van der Waals surface area contributed by atoms with Gasteiger partial charge in [-0.2, -0.15) is 0 Å². The van der Waals surface area contributed by atoms with Crippen LogP contribution in [0.2, 0.25) is 0 Å². The molecule has 0 aliphatic carbocycles. The molecule has 3 rings (SSSR count). The van der Waals surface area contributed by atoms with E-state index in [9.17, 15) is 10.1 Å². The molecule has 8 nitrogen and oxygen atoms in total. The summed E-state index contributed by atoms with van der Waals surface area (Å²) in [5.41, 5.74) is 2.02. The molecule has 0 spiro atoms. The molecule has 0 radical (unpaired) electrons. The van der Waals surface area contributed by atoms with Gasteiger partial charge in [0.1, 0.15) is 12.2 Å². The lowest BCUT2D eigenvalue weighted by atomic mass is 10.1. The van der Waals surface area contributed by atoms with E-state index in [4.69, 9.17) is 5.11 Å². The molecule has 0 amide bonds. The highest BCUT2D eigenvalue weighted by atomic mass is 16.6. The third-order valence-corrected chi connectivity index (χ3v) is 5.41. The summed E-state index contributed by atoms with van der Waals surface area (Å²) in [6, 6.07) is 5.53. The van der Waals surface area contributed by atoms with E-state index in [1.54, 1.807) is 6.07 Å². The molecule has 0 saturated carbocycles. The molecule has 3 N–H and O–H groups in total. The molecule has 1 aromatic rings. The van der Waals surface area contributed by atoms with Crippen molar-refractivity contribution in [3.8, 4) is 0 Å². The first kappa shape index (κ1) is 17.9. The van der Waals surface area contributed by atoms with Gasteiger partial charge in [-0.1, -0.05) is 0 Å². The maximum absolute atomic E-state index is 11.5. The Hall–Kier alpha value is -1.90. The molecule has 2 saturated heterocycles. The predicted molar refractivity (Wildman–Crippen MR) is 96.8 cm³/mol. The largest absolute Gasteiger partial charge is 0.391 e. The molecule has 2 fully saturated rings. The Morgan fingerprint density at radius 3 is 2.36 bits per heavy atom. The van der Waals surface area contributed by atoms with Gasteiger partial charge >= 0.3 is 0 Å². The molecule has 0 atom stereocenters. The van der Waals surface area contributed by atoms with E-state index < -0.39 is 0 Å². The summed E-state index contributed by atoms with van der Waals surface area (Å²) in [4.78, 5) is 18.5. The van der Waals surface area contributed by atoms with E-state index in [0.717, 1.165) is 70.3 Å². The van der Waals surface area contributed by atoms with Gasteiger partial charge in [-0.25, -0.2) is 0 Å². The number of quaternary nitrogens is 2. The topological polar surface area (TPSA) is 78.7 Å². The van der Waals surface area contributed by atoms with Crippen molar-refractivity contribution in [2.75, 3.05) is 82.4 Å². The number of aliphatic hydroxyl groups excluding tert-OH is 1. The smallest absolute Gasteiger partial charge is 0.292 e. The zero-order chi connectivity index (χ0) is 17.8. The van der Waals surface area contributed by atoms with E-state index in [1.807, 2.05) is 12.1 Å². The van der Waals surface area contributed by atoms with Crippen LogP contribution in [0.15, 0.2) is 18.2 Å².